The molecule has 0 fully saturated rings. The SMILES string of the molecule is CCC(C)(C)c1cccc(C(C)(C)CC)c1OCCC#N. The highest BCUT2D eigenvalue weighted by molar-refractivity contribution is 5.48. The van der Waals surface area contributed by atoms with Crippen LogP contribution in [0, 0.1) is 11.3 Å². The molecule has 2 nitrogen and oxygen atoms in total. The van der Waals surface area contributed by atoms with E-state index in [4.69, 9.17) is 10.00 Å². The number of ether oxygens (including phenoxy) is 1. The van der Waals surface area contributed by atoms with Crippen LogP contribution in [0.2, 0.25) is 0 Å². The van der Waals surface area contributed by atoms with Gasteiger partial charge >= 0.3 is 0 Å². The number of hydrogen-bond acceptors (Lipinski definition) is 2. The van der Waals surface area contributed by atoms with Gasteiger partial charge < -0.3 is 4.74 Å². The molecule has 0 aliphatic heterocycles. The second kappa shape index (κ2) is 6.98. The molecule has 1 aromatic rings. The van der Waals surface area contributed by atoms with Crippen LogP contribution in [0.1, 0.15) is 71.9 Å². The van der Waals surface area contributed by atoms with Gasteiger partial charge in [0.2, 0.25) is 0 Å². The van der Waals surface area contributed by atoms with Crippen LogP contribution in [-0.2, 0) is 10.8 Å². The predicted molar refractivity (Wildman–Crippen MR) is 88.8 cm³/mol. The summed E-state index contributed by atoms with van der Waals surface area (Å²) in [7, 11) is 0. The molecule has 0 aliphatic carbocycles. The third-order valence-corrected chi connectivity index (χ3v) is 4.70. The first-order valence-electron chi connectivity index (χ1n) is 7.94. The monoisotopic (exact) mass is 287 g/mol. The van der Waals surface area contributed by atoms with Crippen molar-refractivity contribution in [3.8, 4) is 11.8 Å². The molecular formula is C19H29NO. The highest BCUT2D eigenvalue weighted by Gasteiger charge is 2.29. The molecule has 0 spiro atoms. The molecule has 0 bridgehead atoms. The van der Waals surface area contributed by atoms with Crippen molar-refractivity contribution in [3.05, 3.63) is 29.3 Å². The Morgan fingerprint density at radius 1 is 1.00 bits per heavy atom. The molecule has 1 aromatic carbocycles. The van der Waals surface area contributed by atoms with E-state index in [9.17, 15) is 0 Å². The van der Waals surface area contributed by atoms with Crippen LogP contribution in [0.3, 0.4) is 0 Å². The molecule has 0 aromatic heterocycles. The molecule has 2 heteroatoms. The van der Waals surface area contributed by atoms with E-state index in [0.29, 0.717) is 13.0 Å². The third kappa shape index (κ3) is 4.00. The highest BCUT2D eigenvalue weighted by Crippen LogP contribution is 2.42. The Bertz CT molecular complexity index is 475. The van der Waals surface area contributed by atoms with Gasteiger partial charge in [-0.3, -0.25) is 0 Å². The summed E-state index contributed by atoms with van der Waals surface area (Å²) < 4.78 is 6.06. The second-order valence-corrected chi connectivity index (χ2v) is 6.91. The number of hydrogen-bond donors (Lipinski definition) is 0. The Labute approximate surface area is 130 Å². The number of benzene rings is 1. The van der Waals surface area contributed by atoms with Crippen LogP contribution >= 0.6 is 0 Å². The first-order chi connectivity index (χ1) is 9.80. The maximum Gasteiger partial charge on any atom is 0.126 e. The fraction of sp³-hybridized carbons (Fsp3) is 0.632. The van der Waals surface area contributed by atoms with E-state index in [-0.39, 0.29) is 10.8 Å². The fourth-order valence-electron chi connectivity index (χ4n) is 2.34. The minimum absolute atomic E-state index is 0.0712. The highest BCUT2D eigenvalue weighted by atomic mass is 16.5. The van der Waals surface area contributed by atoms with Crippen molar-refractivity contribution in [1.29, 1.82) is 5.26 Å². The normalized spacial score (nSPS) is 12.0. The lowest BCUT2D eigenvalue weighted by atomic mass is 9.75. The van der Waals surface area contributed by atoms with Crippen molar-refractivity contribution in [1.82, 2.24) is 0 Å². The molecule has 21 heavy (non-hydrogen) atoms. The summed E-state index contributed by atoms with van der Waals surface area (Å²) >= 11 is 0. The van der Waals surface area contributed by atoms with Crippen molar-refractivity contribution in [2.45, 2.75) is 71.6 Å². The Kier molecular flexibility index (Phi) is 5.84. The molecule has 0 radical (unpaired) electrons. The Morgan fingerprint density at radius 2 is 1.48 bits per heavy atom. The standard InChI is InChI=1S/C19H29NO/c1-7-18(3,4)15-11-9-12-16(19(5,6)8-2)17(15)21-14-10-13-20/h9,11-12H,7-8,10,14H2,1-6H3. The van der Waals surface area contributed by atoms with Crippen LogP contribution < -0.4 is 4.74 Å². The lowest BCUT2D eigenvalue weighted by Crippen LogP contribution is -2.23. The molecule has 0 saturated carbocycles. The molecule has 0 heterocycles. The van der Waals surface area contributed by atoms with Gasteiger partial charge in [0.15, 0.2) is 0 Å². The molecule has 0 N–H and O–H groups in total. The van der Waals surface area contributed by atoms with Crippen LogP contribution in [0.25, 0.3) is 0 Å². The molecule has 0 atom stereocenters. The minimum Gasteiger partial charge on any atom is -0.492 e. The first kappa shape index (κ1) is 17.6. The smallest absolute Gasteiger partial charge is 0.126 e. The van der Waals surface area contributed by atoms with Gasteiger partial charge in [-0.25, -0.2) is 0 Å². The van der Waals surface area contributed by atoms with Gasteiger partial charge in [-0.2, -0.15) is 5.26 Å². The number of rotatable bonds is 7. The summed E-state index contributed by atoms with van der Waals surface area (Å²) in [6.45, 7) is 13.9. The van der Waals surface area contributed by atoms with Crippen molar-refractivity contribution in [2.24, 2.45) is 0 Å². The maximum atomic E-state index is 8.76. The Morgan fingerprint density at radius 3 is 1.86 bits per heavy atom. The van der Waals surface area contributed by atoms with Crippen LogP contribution in [0.15, 0.2) is 18.2 Å². The van der Waals surface area contributed by atoms with Gasteiger partial charge in [-0.15, -0.1) is 0 Å². The molecule has 0 amide bonds. The van der Waals surface area contributed by atoms with Crippen LogP contribution in [0.5, 0.6) is 5.75 Å². The largest absolute Gasteiger partial charge is 0.492 e. The Hall–Kier alpha value is -1.49. The van der Waals surface area contributed by atoms with Gasteiger partial charge in [-0.1, -0.05) is 59.7 Å². The molecule has 0 aliphatic rings. The van der Waals surface area contributed by atoms with Gasteiger partial charge in [-0.05, 0) is 23.7 Å². The fourth-order valence-corrected chi connectivity index (χ4v) is 2.34. The summed E-state index contributed by atoms with van der Waals surface area (Å²) in [5, 5.41) is 8.76. The van der Waals surface area contributed by atoms with E-state index in [0.717, 1.165) is 18.6 Å². The zero-order valence-electron chi connectivity index (χ0n) is 14.4. The third-order valence-electron chi connectivity index (χ3n) is 4.70. The second-order valence-electron chi connectivity index (χ2n) is 6.91. The van der Waals surface area contributed by atoms with Gasteiger partial charge in [0, 0.05) is 11.1 Å². The van der Waals surface area contributed by atoms with Gasteiger partial charge in [0.25, 0.3) is 0 Å². The first-order valence-corrected chi connectivity index (χ1v) is 7.94. The number of nitrogens with zero attached hydrogens (tertiary/aromatic N) is 1. The summed E-state index contributed by atoms with van der Waals surface area (Å²) in [6, 6.07) is 8.63. The van der Waals surface area contributed by atoms with E-state index in [1.807, 2.05) is 0 Å². The van der Waals surface area contributed by atoms with Crippen LogP contribution in [-0.4, -0.2) is 6.61 Å². The lowest BCUT2D eigenvalue weighted by Gasteiger charge is -2.32. The zero-order chi connectivity index (χ0) is 16.1. The van der Waals surface area contributed by atoms with Crippen molar-refractivity contribution in [3.63, 3.8) is 0 Å². The minimum atomic E-state index is 0.0712. The Balaban J connectivity index is 3.38. The van der Waals surface area contributed by atoms with Crippen LogP contribution in [0.4, 0.5) is 0 Å². The number of para-hydroxylation sites is 1. The molecule has 0 saturated heterocycles. The van der Waals surface area contributed by atoms with Gasteiger partial charge in [0.05, 0.1) is 12.5 Å². The summed E-state index contributed by atoms with van der Waals surface area (Å²) in [5.74, 6) is 0.992. The van der Waals surface area contributed by atoms with E-state index in [1.54, 1.807) is 0 Å². The number of nitriles is 1. The summed E-state index contributed by atoms with van der Waals surface area (Å²) in [6.07, 6.45) is 2.53. The van der Waals surface area contributed by atoms with Crippen molar-refractivity contribution < 1.29 is 4.74 Å². The van der Waals surface area contributed by atoms with Gasteiger partial charge in [0.1, 0.15) is 12.4 Å². The molecule has 1 rings (SSSR count). The predicted octanol–water partition coefficient (Wildman–Crippen LogP) is 5.35. The summed E-state index contributed by atoms with van der Waals surface area (Å²) in [5.41, 5.74) is 2.65. The zero-order valence-corrected chi connectivity index (χ0v) is 14.4. The van der Waals surface area contributed by atoms with E-state index in [1.165, 1.54) is 11.1 Å². The molecular weight excluding hydrogens is 258 g/mol. The average molecular weight is 287 g/mol. The molecule has 116 valence electrons. The quantitative estimate of drug-likeness (QED) is 0.633. The summed E-state index contributed by atoms with van der Waals surface area (Å²) in [4.78, 5) is 0. The van der Waals surface area contributed by atoms with Crippen molar-refractivity contribution >= 4 is 0 Å². The lowest BCUT2D eigenvalue weighted by molar-refractivity contribution is 0.302. The topological polar surface area (TPSA) is 33.0 Å². The van der Waals surface area contributed by atoms with E-state index in [2.05, 4.69) is 65.8 Å². The van der Waals surface area contributed by atoms with E-state index < -0.39 is 0 Å². The molecule has 0 unspecified atom stereocenters. The van der Waals surface area contributed by atoms with E-state index >= 15 is 0 Å². The average Bonchev–Trinajstić information content (AvgIpc) is 2.47. The maximum absolute atomic E-state index is 8.76. The van der Waals surface area contributed by atoms with Crippen molar-refractivity contribution in [2.75, 3.05) is 6.61 Å².